The minimum Gasteiger partial charge on any atom is -0.399 e. The lowest BCUT2D eigenvalue weighted by Crippen LogP contribution is -2.40. The van der Waals surface area contributed by atoms with Crippen LogP contribution in [-0.4, -0.2) is 39.0 Å². The van der Waals surface area contributed by atoms with Gasteiger partial charge in [0.2, 0.25) is 10.0 Å². The van der Waals surface area contributed by atoms with Gasteiger partial charge in [-0.1, -0.05) is 6.92 Å². The van der Waals surface area contributed by atoms with Gasteiger partial charge in [-0.25, -0.2) is 13.1 Å². The van der Waals surface area contributed by atoms with Crippen molar-refractivity contribution in [2.24, 2.45) is 0 Å². The molecule has 1 aromatic carbocycles. The van der Waals surface area contributed by atoms with Crippen molar-refractivity contribution in [2.45, 2.75) is 30.7 Å². The van der Waals surface area contributed by atoms with Gasteiger partial charge in [0.15, 0.2) is 0 Å². The number of nitrogen functional groups attached to an aromatic ring is 1. The maximum Gasteiger partial charge on any atom is 0.242 e. The van der Waals surface area contributed by atoms with E-state index in [0.29, 0.717) is 21.2 Å². The SMILES string of the molecule is CCN1CCCC1CNS(=O)(=O)c1c(Br)cc(N)cc1Br. The molecule has 1 aliphatic heterocycles. The monoisotopic (exact) mass is 439 g/mol. The van der Waals surface area contributed by atoms with Crippen molar-refractivity contribution in [3.63, 3.8) is 0 Å². The number of likely N-dealkylation sites (tertiary alicyclic amines) is 1. The average molecular weight is 441 g/mol. The van der Waals surface area contributed by atoms with Gasteiger partial charge in [-0.05, 0) is 69.9 Å². The highest BCUT2D eigenvalue weighted by atomic mass is 79.9. The van der Waals surface area contributed by atoms with Gasteiger partial charge < -0.3 is 5.73 Å². The lowest BCUT2D eigenvalue weighted by molar-refractivity contribution is 0.268. The van der Waals surface area contributed by atoms with Gasteiger partial charge in [-0.3, -0.25) is 4.90 Å². The van der Waals surface area contributed by atoms with E-state index in [9.17, 15) is 8.42 Å². The Labute approximate surface area is 142 Å². The Morgan fingerprint density at radius 1 is 1.38 bits per heavy atom. The van der Waals surface area contributed by atoms with Crippen molar-refractivity contribution in [1.82, 2.24) is 9.62 Å². The second-order valence-corrected chi connectivity index (χ2v) is 8.50. The smallest absolute Gasteiger partial charge is 0.242 e. The molecule has 0 radical (unpaired) electrons. The molecule has 1 heterocycles. The van der Waals surface area contributed by atoms with Gasteiger partial charge >= 0.3 is 0 Å². The molecule has 1 fully saturated rings. The number of hydrogen-bond acceptors (Lipinski definition) is 4. The van der Waals surface area contributed by atoms with Crippen molar-refractivity contribution < 1.29 is 8.42 Å². The number of nitrogens with one attached hydrogen (secondary N) is 1. The number of sulfonamides is 1. The Hall–Kier alpha value is -0.150. The van der Waals surface area contributed by atoms with E-state index in [0.717, 1.165) is 25.9 Å². The first-order chi connectivity index (χ1) is 9.85. The van der Waals surface area contributed by atoms with Crippen LogP contribution in [-0.2, 0) is 10.0 Å². The molecule has 118 valence electrons. The Balaban J connectivity index is 2.16. The first-order valence-corrected chi connectivity index (χ1v) is 9.90. The fourth-order valence-electron chi connectivity index (χ4n) is 2.66. The third-order valence-electron chi connectivity index (χ3n) is 3.70. The van der Waals surface area contributed by atoms with Crippen LogP contribution in [0.25, 0.3) is 0 Å². The summed E-state index contributed by atoms with van der Waals surface area (Å²) in [5.74, 6) is 0. The van der Waals surface area contributed by atoms with E-state index in [1.165, 1.54) is 0 Å². The number of anilines is 1. The van der Waals surface area contributed by atoms with Crippen LogP contribution in [0.5, 0.6) is 0 Å². The number of hydrogen-bond donors (Lipinski definition) is 2. The molecule has 5 nitrogen and oxygen atoms in total. The second-order valence-electron chi connectivity index (χ2n) is 5.09. The summed E-state index contributed by atoms with van der Waals surface area (Å²) in [6.07, 6.45) is 2.15. The lowest BCUT2D eigenvalue weighted by atomic mass is 10.2. The Morgan fingerprint density at radius 2 is 2.00 bits per heavy atom. The van der Waals surface area contributed by atoms with Crippen LogP contribution in [0.2, 0.25) is 0 Å². The van der Waals surface area contributed by atoms with Crippen molar-refractivity contribution >= 4 is 47.6 Å². The molecular weight excluding hydrogens is 422 g/mol. The molecule has 1 aromatic rings. The molecule has 0 bridgehead atoms. The van der Waals surface area contributed by atoms with E-state index in [2.05, 4.69) is 48.4 Å². The molecule has 0 spiro atoms. The predicted octanol–water partition coefficient (Wildman–Crippen LogP) is 2.56. The number of nitrogens with zero attached hydrogens (tertiary/aromatic N) is 1. The highest BCUT2D eigenvalue weighted by Gasteiger charge is 2.27. The number of halogens is 2. The van der Waals surface area contributed by atoms with Crippen molar-refractivity contribution in [2.75, 3.05) is 25.4 Å². The van der Waals surface area contributed by atoms with Crippen LogP contribution in [0, 0.1) is 0 Å². The van der Waals surface area contributed by atoms with E-state index in [4.69, 9.17) is 5.73 Å². The molecule has 1 atom stereocenters. The fourth-order valence-corrected chi connectivity index (χ4v) is 6.34. The summed E-state index contributed by atoms with van der Waals surface area (Å²) in [6, 6.07) is 3.46. The first-order valence-electron chi connectivity index (χ1n) is 6.83. The van der Waals surface area contributed by atoms with Gasteiger partial charge in [-0.2, -0.15) is 0 Å². The Bertz CT molecular complexity index is 599. The molecule has 8 heteroatoms. The van der Waals surface area contributed by atoms with E-state index in [1.54, 1.807) is 12.1 Å². The topological polar surface area (TPSA) is 75.4 Å². The van der Waals surface area contributed by atoms with Crippen molar-refractivity contribution in [1.29, 1.82) is 0 Å². The summed E-state index contributed by atoms with van der Waals surface area (Å²) >= 11 is 6.55. The van der Waals surface area contributed by atoms with E-state index >= 15 is 0 Å². The largest absolute Gasteiger partial charge is 0.399 e. The van der Waals surface area contributed by atoms with Gasteiger partial charge in [0.05, 0.1) is 0 Å². The van der Waals surface area contributed by atoms with E-state index < -0.39 is 10.0 Å². The predicted molar refractivity (Wildman–Crippen MR) is 91.7 cm³/mol. The van der Waals surface area contributed by atoms with E-state index in [-0.39, 0.29) is 10.9 Å². The van der Waals surface area contributed by atoms with Crippen molar-refractivity contribution in [3.05, 3.63) is 21.1 Å². The van der Waals surface area contributed by atoms with Gasteiger partial charge in [0.1, 0.15) is 4.90 Å². The summed E-state index contributed by atoms with van der Waals surface area (Å²) in [7, 11) is -3.58. The van der Waals surface area contributed by atoms with Crippen LogP contribution in [0.3, 0.4) is 0 Å². The van der Waals surface area contributed by atoms with Crippen LogP contribution in [0.1, 0.15) is 19.8 Å². The maximum absolute atomic E-state index is 12.5. The average Bonchev–Trinajstić information content (AvgIpc) is 2.82. The first kappa shape index (κ1) is 17.2. The lowest BCUT2D eigenvalue weighted by Gasteiger charge is -2.23. The molecule has 1 saturated heterocycles. The third kappa shape index (κ3) is 3.98. The molecule has 3 N–H and O–H groups in total. The van der Waals surface area contributed by atoms with Crippen LogP contribution in [0.15, 0.2) is 26.0 Å². The van der Waals surface area contributed by atoms with Gasteiger partial charge in [0, 0.05) is 27.2 Å². The molecular formula is C13H19Br2N3O2S. The van der Waals surface area contributed by atoms with Gasteiger partial charge in [0.25, 0.3) is 0 Å². The summed E-state index contributed by atoms with van der Waals surface area (Å²) in [4.78, 5) is 2.49. The van der Waals surface area contributed by atoms with Gasteiger partial charge in [-0.15, -0.1) is 0 Å². The molecule has 21 heavy (non-hydrogen) atoms. The minimum absolute atomic E-state index is 0.192. The number of likely N-dealkylation sites (N-methyl/N-ethyl adjacent to an activating group) is 1. The molecule has 0 aliphatic carbocycles. The standard InChI is InChI=1S/C13H19Br2N3O2S/c1-2-18-5-3-4-10(18)8-17-21(19,20)13-11(14)6-9(16)7-12(13)15/h6-7,10,17H,2-5,8,16H2,1H3. The quantitative estimate of drug-likeness (QED) is 0.690. The van der Waals surface area contributed by atoms with E-state index in [1.807, 2.05) is 0 Å². The normalized spacial score (nSPS) is 20.0. The molecule has 0 saturated carbocycles. The zero-order valence-electron chi connectivity index (χ0n) is 11.8. The zero-order valence-corrected chi connectivity index (χ0v) is 15.8. The molecule has 1 unspecified atom stereocenters. The van der Waals surface area contributed by atoms with Crippen LogP contribution >= 0.6 is 31.9 Å². The Morgan fingerprint density at radius 3 is 2.57 bits per heavy atom. The fraction of sp³-hybridized carbons (Fsp3) is 0.538. The number of nitrogens with two attached hydrogens (primary N) is 1. The molecule has 2 rings (SSSR count). The summed E-state index contributed by atoms with van der Waals surface area (Å²) in [5.41, 5.74) is 6.20. The number of benzene rings is 1. The molecule has 0 aromatic heterocycles. The second kappa shape index (κ2) is 6.95. The van der Waals surface area contributed by atoms with Crippen LogP contribution in [0.4, 0.5) is 5.69 Å². The molecule has 1 aliphatic rings. The zero-order chi connectivity index (χ0) is 15.6. The third-order valence-corrected chi connectivity index (χ3v) is 7.00. The maximum atomic E-state index is 12.5. The van der Waals surface area contributed by atoms with Crippen molar-refractivity contribution in [3.8, 4) is 0 Å². The Kier molecular flexibility index (Phi) is 5.70. The highest BCUT2D eigenvalue weighted by Crippen LogP contribution is 2.32. The van der Waals surface area contributed by atoms with Crippen LogP contribution < -0.4 is 10.5 Å². The highest BCUT2D eigenvalue weighted by molar-refractivity contribution is 9.11. The molecule has 0 amide bonds. The summed E-state index contributed by atoms with van der Waals surface area (Å²) < 4.78 is 28.6. The summed E-state index contributed by atoms with van der Waals surface area (Å²) in [6.45, 7) is 4.51. The minimum atomic E-state index is -3.58. The summed E-state index contributed by atoms with van der Waals surface area (Å²) in [5, 5.41) is 0. The number of rotatable bonds is 5.